The van der Waals surface area contributed by atoms with E-state index in [4.69, 9.17) is 8.94 Å². The van der Waals surface area contributed by atoms with Gasteiger partial charge in [0.25, 0.3) is 5.91 Å². The van der Waals surface area contributed by atoms with Gasteiger partial charge in [-0.1, -0.05) is 23.4 Å². The molecular weight excluding hydrogens is 334 g/mol. The van der Waals surface area contributed by atoms with Crippen LogP contribution in [0.2, 0.25) is 0 Å². The van der Waals surface area contributed by atoms with Gasteiger partial charge in [-0.3, -0.25) is 9.59 Å². The summed E-state index contributed by atoms with van der Waals surface area (Å²) in [7, 11) is 1.61. The number of aromatic nitrogens is 1. The maximum absolute atomic E-state index is 12.7. The Bertz CT molecular complexity index is 917. The summed E-state index contributed by atoms with van der Waals surface area (Å²) in [5.74, 6) is 0.406. The fraction of sp³-hybridized carbons (Fsp3) is 0.211. The second-order valence-corrected chi connectivity index (χ2v) is 6.10. The third-order valence-corrected chi connectivity index (χ3v) is 4.53. The van der Waals surface area contributed by atoms with Gasteiger partial charge in [-0.05, 0) is 30.7 Å². The van der Waals surface area contributed by atoms with Crippen molar-refractivity contribution in [3.63, 3.8) is 0 Å². The van der Waals surface area contributed by atoms with Crippen molar-refractivity contribution in [3.05, 3.63) is 60.5 Å². The Hall–Kier alpha value is -3.35. The van der Waals surface area contributed by atoms with Gasteiger partial charge in [-0.2, -0.15) is 0 Å². The summed E-state index contributed by atoms with van der Waals surface area (Å²) in [6, 6.07) is 13.9. The summed E-state index contributed by atoms with van der Waals surface area (Å²) >= 11 is 0. The second kappa shape index (κ2) is 6.51. The van der Waals surface area contributed by atoms with Gasteiger partial charge in [0.2, 0.25) is 11.7 Å². The molecular formula is C19H17N3O4. The highest BCUT2D eigenvalue weighted by Crippen LogP contribution is 2.25. The standard InChI is InChI=1S/C19H17N3O4/c1-21(15-9-10-22(19(15)24)13-6-3-2-4-7-13)18(23)14-12-17(26-20-14)16-8-5-11-25-16/h2-8,11-12,15H,9-10H2,1H3/t15-/m1/s1. The van der Waals surface area contributed by atoms with Crippen molar-refractivity contribution in [3.8, 4) is 11.5 Å². The Balaban J connectivity index is 1.50. The van der Waals surface area contributed by atoms with Crippen LogP contribution in [0.5, 0.6) is 0 Å². The van der Waals surface area contributed by atoms with Crippen LogP contribution in [-0.4, -0.2) is 41.5 Å². The third kappa shape index (κ3) is 2.77. The molecule has 132 valence electrons. The van der Waals surface area contributed by atoms with E-state index >= 15 is 0 Å². The van der Waals surface area contributed by atoms with Crippen LogP contribution in [0, 0.1) is 0 Å². The van der Waals surface area contributed by atoms with Crippen molar-refractivity contribution in [1.82, 2.24) is 10.1 Å². The molecule has 26 heavy (non-hydrogen) atoms. The fourth-order valence-electron chi connectivity index (χ4n) is 3.12. The first-order valence-corrected chi connectivity index (χ1v) is 8.29. The predicted octanol–water partition coefficient (Wildman–Crippen LogP) is 2.81. The number of carbonyl (C=O) groups excluding carboxylic acids is 2. The highest BCUT2D eigenvalue weighted by atomic mass is 16.5. The van der Waals surface area contributed by atoms with Crippen molar-refractivity contribution in [2.24, 2.45) is 0 Å². The largest absolute Gasteiger partial charge is 0.461 e. The zero-order valence-corrected chi connectivity index (χ0v) is 14.2. The van der Waals surface area contributed by atoms with Crippen LogP contribution in [0.4, 0.5) is 5.69 Å². The Labute approximate surface area is 149 Å². The molecule has 1 aliphatic heterocycles. The predicted molar refractivity (Wildman–Crippen MR) is 93.5 cm³/mol. The summed E-state index contributed by atoms with van der Waals surface area (Å²) in [5, 5.41) is 3.82. The van der Waals surface area contributed by atoms with E-state index in [9.17, 15) is 9.59 Å². The number of amides is 2. The summed E-state index contributed by atoms with van der Waals surface area (Å²) in [4.78, 5) is 28.6. The molecule has 1 fully saturated rings. The monoisotopic (exact) mass is 351 g/mol. The minimum atomic E-state index is -0.522. The number of benzene rings is 1. The Kier molecular flexibility index (Phi) is 4.04. The number of hydrogen-bond acceptors (Lipinski definition) is 5. The van der Waals surface area contributed by atoms with Crippen LogP contribution in [0.1, 0.15) is 16.9 Å². The molecule has 0 N–H and O–H groups in total. The third-order valence-electron chi connectivity index (χ3n) is 4.53. The molecule has 0 spiro atoms. The number of furan rings is 1. The first kappa shape index (κ1) is 16.1. The van der Waals surface area contributed by atoms with Gasteiger partial charge in [0.15, 0.2) is 11.5 Å². The Morgan fingerprint density at radius 3 is 2.73 bits per heavy atom. The zero-order valence-electron chi connectivity index (χ0n) is 14.2. The molecule has 4 rings (SSSR count). The first-order chi connectivity index (χ1) is 12.6. The summed E-state index contributed by atoms with van der Waals surface area (Å²) in [5.41, 5.74) is 0.979. The molecule has 7 nitrogen and oxygen atoms in total. The number of carbonyl (C=O) groups is 2. The maximum Gasteiger partial charge on any atom is 0.276 e. The molecule has 0 aliphatic carbocycles. The zero-order chi connectivity index (χ0) is 18.1. The summed E-state index contributed by atoms with van der Waals surface area (Å²) < 4.78 is 10.4. The van der Waals surface area contributed by atoms with E-state index in [1.165, 1.54) is 17.2 Å². The van der Waals surface area contributed by atoms with Crippen molar-refractivity contribution >= 4 is 17.5 Å². The lowest BCUT2D eigenvalue weighted by Crippen LogP contribution is -2.43. The van der Waals surface area contributed by atoms with Gasteiger partial charge >= 0.3 is 0 Å². The van der Waals surface area contributed by atoms with Gasteiger partial charge in [-0.15, -0.1) is 0 Å². The Morgan fingerprint density at radius 1 is 1.19 bits per heavy atom. The van der Waals surface area contributed by atoms with Gasteiger partial charge < -0.3 is 18.7 Å². The molecule has 3 aromatic rings. The molecule has 0 bridgehead atoms. The van der Waals surface area contributed by atoms with Gasteiger partial charge in [0.1, 0.15) is 6.04 Å². The Morgan fingerprint density at radius 2 is 2.00 bits per heavy atom. The highest BCUT2D eigenvalue weighted by molar-refractivity contribution is 6.03. The molecule has 1 aromatic carbocycles. The van der Waals surface area contributed by atoms with Crippen LogP contribution < -0.4 is 4.90 Å². The molecule has 1 atom stereocenters. The lowest BCUT2D eigenvalue weighted by Gasteiger charge is -2.23. The maximum atomic E-state index is 12.7. The van der Waals surface area contributed by atoms with E-state index in [0.717, 1.165) is 5.69 Å². The number of para-hydroxylation sites is 1. The summed E-state index contributed by atoms with van der Waals surface area (Å²) in [6.45, 7) is 0.571. The van der Waals surface area contributed by atoms with E-state index in [-0.39, 0.29) is 17.5 Å². The molecule has 0 radical (unpaired) electrons. The molecule has 2 aromatic heterocycles. The average Bonchev–Trinajstić information content (AvgIpc) is 3.41. The number of hydrogen-bond donors (Lipinski definition) is 0. The quantitative estimate of drug-likeness (QED) is 0.722. The first-order valence-electron chi connectivity index (χ1n) is 8.29. The van der Waals surface area contributed by atoms with Crippen LogP contribution >= 0.6 is 0 Å². The van der Waals surface area contributed by atoms with E-state index in [2.05, 4.69) is 5.16 Å². The number of likely N-dealkylation sites (N-methyl/N-ethyl adjacent to an activating group) is 1. The minimum absolute atomic E-state index is 0.0956. The van der Waals surface area contributed by atoms with Crippen molar-refractivity contribution in [2.45, 2.75) is 12.5 Å². The number of rotatable bonds is 4. The van der Waals surface area contributed by atoms with Crippen molar-refractivity contribution < 1.29 is 18.5 Å². The van der Waals surface area contributed by atoms with Crippen LogP contribution in [-0.2, 0) is 4.79 Å². The van der Waals surface area contributed by atoms with Crippen molar-refractivity contribution in [2.75, 3.05) is 18.5 Å². The van der Waals surface area contributed by atoms with Crippen LogP contribution in [0.3, 0.4) is 0 Å². The van der Waals surface area contributed by atoms with Gasteiger partial charge in [0, 0.05) is 25.3 Å². The minimum Gasteiger partial charge on any atom is -0.461 e. The lowest BCUT2D eigenvalue weighted by molar-refractivity contribution is -0.120. The molecule has 2 amide bonds. The molecule has 1 aliphatic rings. The molecule has 1 saturated heterocycles. The molecule has 0 unspecified atom stereocenters. The van der Waals surface area contributed by atoms with Gasteiger partial charge in [0.05, 0.1) is 6.26 Å². The number of nitrogens with zero attached hydrogens (tertiary/aromatic N) is 3. The normalized spacial score (nSPS) is 16.9. The van der Waals surface area contributed by atoms with E-state index < -0.39 is 6.04 Å². The SMILES string of the molecule is CN(C(=O)c1cc(-c2ccco2)on1)[C@@H]1CCN(c2ccccc2)C1=O. The van der Waals surface area contributed by atoms with E-state index in [1.54, 1.807) is 24.1 Å². The smallest absolute Gasteiger partial charge is 0.276 e. The van der Waals surface area contributed by atoms with Crippen LogP contribution in [0.15, 0.2) is 63.7 Å². The average molecular weight is 351 g/mol. The van der Waals surface area contributed by atoms with Crippen molar-refractivity contribution in [1.29, 1.82) is 0 Å². The number of anilines is 1. The fourth-order valence-corrected chi connectivity index (χ4v) is 3.12. The van der Waals surface area contributed by atoms with E-state index in [1.807, 2.05) is 30.3 Å². The topological polar surface area (TPSA) is 79.8 Å². The van der Waals surface area contributed by atoms with Gasteiger partial charge in [-0.25, -0.2) is 0 Å². The molecule has 3 heterocycles. The van der Waals surface area contributed by atoms with E-state index in [0.29, 0.717) is 24.5 Å². The summed E-state index contributed by atoms with van der Waals surface area (Å²) in [6.07, 6.45) is 2.08. The highest BCUT2D eigenvalue weighted by Gasteiger charge is 2.38. The molecule has 7 heteroatoms. The second-order valence-electron chi connectivity index (χ2n) is 6.10. The lowest BCUT2D eigenvalue weighted by atomic mass is 10.2. The molecule has 0 saturated carbocycles. The van der Waals surface area contributed by atoms with Crippen LogP contribution in [0.25, 0.3) is 11.5 Å².